The molecule has 0 spiro atoms. The van der Waals surface area contributed by atoms with Crippen LogP contribution in [0.5, 0.6) is 11.5 Å². The molecule has 2 heterocycles. The summed E-state index contributed by atoms with van der Waals surface area (Å²) in [6.45, 7) is 8.17. The number of hydrogen-bond acceptors (Lipinski definition) is 4. The molecule has 1 amide bonds. The Kier molecular flexibility index (Phi) is 6.57. The largest absolute Gasteiger partial charge is 0.457 e. The highest BCUT2D eigenvalue weighted by molar-refractivity contribution is 7.21. The fourth-order valence-corrected chi connectivity index (χ4v) is 5.13. The smallest absolute Gasteiger partial charge is 0.261 e. The van der Waals surface area contributed by atoms with Crippen molar-refractivity contribution in [3.63, 3.8) is 0 Å². The molecule has 1 N–H and O–H groups in total. The molecule has 0 aliphatic heterocycles. The van der Waals surface area contributed by atoms with Gasteiger partial charge >= 0.3 is 0 Å². The minimum Gasteiger partial charge on any atom is -0.457 e. The Balaban J connectivity index is 1.82. The number of hydrogen-bond donors (Lipinski definition) is 1. The van der Waals surface area contributed by atoms with Gasteiger partial charge in [-0.3, -0.25) is 9.59 Å². The number of pyridine rings is 1. The molecule has 4 rings (SSSR count). The lowest BCUT2D eigenvalue weighted by molar-refractivity contribution is 0.0957. The van der Waals surface area contributed by atoms with E-state index in [1.54, 1.807) is 19.3 Å². The lowest BCUT2D eigenvalue weighted by Crippen LogP contribution is -2.22. The number of amides is 1. The quantitative estimate of drug-likeness (QED) is 0.356. The van der Waals surface area contributed by atoms with E-state index in [4.69, 9.17) is 4.74 Å². The summed E-state index contributed by atoms with van der Waals surface area (Å²) in [7, 11) is 1.71. The van der Waals surface area contributed by atoms with Gasteiger partial charge in [0.05, 0.1) is 10.3 Å². The topological polar surface area (TPSA) is 60.3 Å². The highest BCUT2D eigenvalue weighted by Crippen LogP contribution is 2.37. The van der Waals surface area contributed by atoms with E-state index >= 15 is 0 Å². The number of benzene rings is 2. The van der Waals surface area contributed by atoms with Gasteiger partial charge in [0.1, 0.15) is 17.3 Å². The molecule has 2 aromatic carbocycles. The average molecular weight is 479 g/mol. The average Bonchev–Trinajstić information content (AvgIpc) is 3.22. The number of thiophene rings is 1. The number of carbonyl (C=O) groups excluding carboxylic acids is 1. The normalized spacial score (nSPS) is 11.1. The first-order chi connectivity index (χ1) is 16.2. The molecule has 0 saturated heterocycles. The zero-order valence-electron chi connectivity index (χ0n) is 19.9. The molecule has 0 radical (unpaired) electrons. The first-order valence-electron chi connectivity index (χ1n) is 11.2. The van der Waals surface area contributed by atoms with Crippen LogP contribution in [0.2, 0.25) is 0 Å². The number of nitrogens with zero attached hydrogens (tertiary/aromatic N) is 1. The van der Waals surface area contributed by atoms with Crippen LogP contribution in [-0.4, -0.2) is 17.0 Å². The summed E-state index contributed by atoms with van der Waals surface area (Å²) in [5.74, 6) is 0.768. The number of rotatable bonds is 6. The molecule has 7 heteroatoms. The zero-order chi connectivity index (χ0) is 24.6. The monoisotopic (exact) mass is 478 g/mol. The SMILES string of the molecule is CCCNC(=O)c1cc2c(=O)n(C)cc(-c3cc(C)cc(Oc4c(C)cc(F)cc4C)c3)c2s1. The van der Waals surface area contributed by atoms with Crippen LogP contribution in [-0.2, 0) is 7.05 Å². The van der Waals surface area contributed by atoms with Gasteiger partial charge in [-0.2, -0.15) is 0 Å². The lowest BCUT2D eigenvalue weighted by Gasteiger charge is -2.14. The molecule has 5 nitrogen and oxygen atoms in total. The van der Waals surface area contributed by atoms with E-state index in [9.17, 15) is 14.0 Å². The van der Waals surface area contributed by atoms with E-state index in [2.05, 4.69) is 5.32 Å². The molecule has 0 aliphatic rings. The van der Waals surface area contributed by atoms with Gasteiger partial charge in [-0.15, -0.1) is 11.3 Å². The summed E-state index contributed by atoms with van der Waals surface area (Å²) in [5, 5.41) is 3.39. The molecular weight excluding hydrogens is 451 g/mol. The molecule has 0 saturated carbocycles. The van der Waals surface area contributed by atoms with Crippen LogP contribution in [0.15, 0.2) is 47.4 Å². The minimum absolute atomic E-state index is 0.147. The van der Waals surface area contributed by atoms with Crippen molar-refractivity contribution in [1.82, 2.24) is 9.88 Å². The van der Waals surface area contributed by atoms with Gasteiger partial charge in [0.15, 0.2) is 0 Å². The van der Waals surface area contributed by atoms with Gasteiger partial charge in [0.25, 0.3) is 11.5 Å². The molecule has 2 aromatic heterocycles. The van der Waals surface area contributed by atoms with Crippen LogP contribution in [0.3, 0.4) is 0 Å². The predicted octanol–water partition coefficient (Wildman–Crippen LogP) is 6.26. The van der Waals surface area contributed by atoms with E-state index < -0.39 is 0 Å². The Bertz CT molecular complexity index is 1450. The third-order valence-corrected chi connectivity index (χ3v) is 6.78. The Morgan fingerprint density at radius 3 is 2.47 bits per heavy atom. The van der Waals surface area contributed by atoms with E-state index in [0.717, 1.165) is 27.8 Å². The second-order valence-corrected chi connectivity index (χ2v) is 9.63. The molecular formula is C27H27FN2O3S. The number of ether oxygens (including phenoxy) is 1. The van der Waals surface area contributed by atoms with Gasteiger partial charge in [-0.1, -0.05) is 13.0 Å². The molecule has 4 aromatic rings. The van der Waals surface area contributed by atoms with Crippen molar-refractivity contribution >= 4 is 27.3 Å². The molecule has 0 unspecified atom stereocenters. The van der Waals surface area contributed by atoms with Crippen LogP contribution in [0, 0.1) is 26.6 Å². The second kappa shape index (κ2) is 9.43. The molecule has 34 heavy (non-hydrogen) atoms. The van der Waals surface area contributed by atoms with Crippen molar-refractivity contribution in [2.75, 3.05) is 6.54 Å². The van der Waals surface area contributed by atoms with Crippen molar-refractivity contribution in [2.45, 2.75) is 34.1 Å². The second-order valence-electron chi connectivity index (χ2n) is 8.57. The van der Waals surface area contributed by atoms with Crippen LogP contribution < -0.4 is 15.6 Å². The standard InChI is InChI=1S/C27H27FN2O3S/c1-6-7-29-26(31)23-13-21-25(34-23)22(14-30(5)27(21)32)18-8-15(2)9-20(12-18)33-24-16(3)10-19(28)11-17(24)4/h8-14H,6-7H2,1-5H3,(H,29,31). The number of aryl methyl sites for hydroxylation is 4. The molecule has 0 atom stereocenters. The number of nitrogens with one attached hydrogen (secondary N) is 1. The maximum absolute atomic E-state index is 13.7. The third-order valence-electron chi connectivity index (χ3n) is 5.62. The van der Waals surface area contributed by atoms with E-state index in [1.807, 2.05) is 45.9 Å². The number of carbonyl (C=O) groups is 1. The highest BCUT2D eigenvalue weighted by Gasteiger charge is 2.18. The van der Waals surface area contributed by atoms with Crippen molar-refractivity contribution < 1.29 is 13.9 Å². The molecule has 0 fully saturated rings. The van der Waals surface area contributed by atoms with E-state index in [-0.39, 0.29) is 17.3 Å². The summed E-state index contributed by atoms with van der Waals surface area (Å²) in [6.07, 6.45) is 2.63. The summed E-state index contributed by atoms with van der Waals surface area (Å²) in [6, 6.07) is 10.4. The van der Waals surface area contributed by atoms with Gasteiger partial charge in [-0.05, 0) is 79.8 Å². The van der Waals surface area contributed by atoms with Crippen molar-refractivity contribution in [3.05, 3.63) is 80.3 Å². The van der Waals surface area contributed by atoms with Crippen molar-refractivity contribution in [3.8, 4) is 22.6 Å². The fourth-order valence-electron chi connectivity index (χ4n) is 4.03. The molecule has 176 valence electrons. The van der Waals surface area contributed by atoms with Crippen LogP contribution in [0.25, 0.3) is 21.2 Å². The number of aromatic nitrogens is 1. The molecule has 0 bridgehead atoms. The van der Waals surface area contributed by atoms with E-state index in [0.29, 0.717) is 39.4 Å². The first-order valence-corrected chi connectivity index (χ1v) is 12.0. The molecule has 0 aliphatic carbocycles. The summed E-state index contributed by atoms with van der Waals surface area (Å²) in [5.41, 5.74) is 3.97. The van der Waals surface area contributed by atoms with Crippen LogP contribution in [0.4, 0.5) is 4.39 Å². The van der Waals surface area contributed by atoms with Gasteiger partial charge in [-0.25, -0.2) is 4.39 Å². The Morgan fingerprint density at radius 1 is 1.09 bits per heavy atom. The highest BCUT2D eigenvalue weighted by atomic mass is 32.1. The predicted molar refractivity (Wildman–Crippen MR) is 136 cm³/mol. The number of halogens is 1. The zero-order valence-corrected chi connectivity index (χ0v) is 20.7. The third kappa shape index (κ3) is 4.61. The summed E-state index contributed by atoms with van der Waals surface area (Å²) < 4.78 is 22.2. The fraction of sp³-hybridized carbons (Fsp3) is 0.259. The van der Waals surface area contributed by atoms with Gasteiger partial charge in [0.2, 0.25) is 0 Å². The Labute approximate surface area is 201 Å². The summed E-state index contributed by atoms with van der Waals surface area (Å²) in [4.78, 5) is 25.9. The van der Waals surface area contributed by atoms with Crippen LogP contribution in [0.1, 0.15) is 39.7 Å². The van der Waals surface area contributed by atoms with Crippen molar-refractivity contribution in [2.24, 2.45) is 7.05 Å². The minimum atomic E-state index is -0.295. The van der Waals surface area contributed by atoms with Gasteiger partial charge < -0.3 is 14.6 Å². The first kappa shape index (κ1) is 23.7. The lowest BCUT2D eigenvalue weighted by atomic mass is 10.0. The van der Waals surface area contributed by atoms with Crippen LogP contribution >= 0.6 is 11.3 Å². The maximum Gasteiger partial charge on any atom is 0.261 e. The Morgan fingerprint density at radius 2 is 1.79 bits per heavy atom. The number of fused-ring (bicyclic) bond motifs is 1. The van der Waals surface area contributed by atoms with Crippen molar-refractivity contribution in [1.29, 1.82) is 0 Å². The maximum atomic E-state index is 13.7. The van der Waals surface area contributed by atoms with Gasteiger partial charge in [0, 0.05) is 30.1 Å². The summed E-state index contributed by atoms with van der Waals surface area (Å²) >= 11 is 1.31. The Hall–Kier alpha value is -3.45. The van der Waals surface area contributed by atoms with E-state index in [1.165, 1.54) is 28.0 Å².